The number of anilines is 1. The smallest absolute Gasteiger partial charge is 0.310 e. The van der Waals surface area contributed by atoms with E-state index in [4.69, 9.17) is 4.74 Å². The van der Waals surface area contributed by atoms with Gasteiger partial charge in [0.25, 0.3) is 0 Å². The number of aromatic nitrogens is 1. The van der Waals surface area contributed by atoms with Crippen molar-refractivity contribution in [2.75, 3.05) is 25.1 Å². The summed E-state index contributed by atoms with van der Waals surface area (Å²) in [6, 6.07) is 4.65. The van der Waals surface area contributed by atoms with Crippen LogP contribution in [0.15, 0.2) is 18.2 Å². The minimum absolute atomic E-state index is 0.160. The van der Waals surface area contributed by atoms with Gasteiger partial charge in [-0.05, 0) is 44.4 Å². The van der Waals surface area contributed by atoms with Crippen LogP contribution >= 0.6 is 0 Å². The molecule has 0 N–H and O–H groups in total. The first-order valence-electron chi connectivity index (χ1n) is 8.00. The number of esters is 1. The minimum atomic E-state index is -0.302. The molecule has 1 saturated heterocycles. The predicted octanol–water partition coefficient (Wildman–Crippen LogP) is 3.39. The van der Waals surface area contributed by atoms with Crippen molar-refractivity contribution in [2.24, 2.45) is 0 Å². The maximum Gasteiger partial charge on any atom is 0.310 e. The predicted molar refractivity (Wildman–Crippen MR) is 88.2 cm³/mol. The summed E-state index contributed by atoms with van der Waals surface area (Å²) < 4.78 is 18.6. The number of halogens is 1. The molecule has 0 amide bonds. The van der Waals surface area contributed by atoms with Crippen molar-refractivity contribution in [3.05, 3.63) is 35.3 Å². The molecule has 0 radical (unpaired) electrons. The molecule has 4 nitrogen and oxygen atoms in total. The van der Waals surface area contributed by atoms with Gasteiger partial charge in [0.2, 0.25) is 0 Å². The van der Waals surface area contributed by atoms with Crippen LogP contribution in [-0.4, -0.2) is 31.2 Å². The number of methoxy groups -OCH3 is 1. The van der Waals surface area contributed by atoms with E-state index in [-0.39, 0.29) is 18.2 Å². The maximum atomic E-state index is 13.8. The lowest BCUT2D eigenvalue weighted by Gasteiger charge is -2.32. The molecule has 0 unspecified atom stereocenters. The van der Waals surface area contributed by atoms with Crippen LogP contribution in [0.3, 0.4) is 0 Å². The van der Waals surface area contributed by atoms with Crippen LogP contribution < -0.4 is 4.90 Å². The van der Waals surface area contributed by atoms with Gasteiger partial charge in [0.05, 0.1) is 24.7 Å². The van der Waals surface area contributed by atoms with E-state index in [0.717, 1.165) is 53.8 Å². The number of nitrogens with zero attached hydrogens (tertiary/aromatic N) is 2. The number of carbonyl (C=O) groups is 1. The van der Waals surface area contributed by atoms with Gasteiger partial charge in [0.15, 0.2) is 0 Å². The molecule has 23 heavy (non-hydrogen) atoms. The van der Waals surface area contributed by atoms with E-state index in [1.807, 2.05) is 6.92 Å². The fourth-order valence-electron chi connectivity index (χ4n) is 3.28. The van der Waals surface area contributed by atoms with Crippen LogP contribution in [0, 0.1) is 12.7 Å². The van der Waals surface area contributed by atoms with E-state index >= 15 is 0 Å². The quantitative estimate of drug-likeness (QED) is 0.814. The van der Waals surface area contributed by atoms with Crippen molar-refractivity contribution in [2.45, 2.75) is 32.6 Å². The van der Waals surface area contributed by atoms with E-state index in [1.165, 1.54) is 25.7 Å². The molecule has 1 aliphatic rings. The number of fused-ring (bicyclic) bond motifs is 1. The van der Waals surface area contributed by atoms with E-state index in [9.17, 15) is 9.18 Å². The number of rotatable bonds is 3. The molecule has 2 heterocycles. The van der Waals surface area contributed by atoms with Gasteiger partial charge in [0, 0.05) is 29.7 Å². The number of piperidine rings is 1. The van der Waals surface area contributed by atoms with Gasteiger partial charge in [-0.2, -0.15) is 0 Å². The van der Waals surface area contributed by atoms with Crippen LogP contribution in [0.5, 0.6) is 0 Å². The summed E-state index contributed by atoms with van der Waals surface area (Å²) in [7, 11) is 1.38. The second-order valence-electron chi connectivity index (χ2n) is 5.99. The SMILES string of the molecule is COC(=O)Cc1c(C)nc2ccc(F)cc2c1N1CCCCC1. The topological polar surface area (TPSA) is 42.4 Å². The molecule has 3 rings (SSSR count). The zero-order chi connectivity index (χ0) is 16.4. The number of pyridine rings is 1. The van der Waals surface area contributed by atoms with Gasteiger partial charge in [-0.25, -0.2) is 4.39 Å². The minimum Gasteiger partial charge on any atom is -0.469 e. The highest BCUT2D eigenvalue weighted by molar-refractivity contribution is 5.95. The van der Waals surface area contributed by atoms with Gasteiger partial charge in [-0.15, -0.1) is 0 Å². The summed E-state index contributed by atoms with van der Waals surface area (Å²) in [5.41, 5.74) is 3.35. The third-order valence-corrected chi connectivity index (χ3v) is 4.45. The van der Waals surface area contributed by atoms with Gasteiger partial charge < -0.3 is 9.64 Å². The van der Waals surface area contributed by atoms with Crippen molar-refractivity contribution in [3.8, 4) is 0 Å². The second-order valence-corrected chi connectivity index (χ2v) is 5.99. The Bertz CT molecular complexity index is 739. The van der Waals surface area contributed by atoms with Crippen LogP contribution in [0.1, 0.15) is 30.5 Å². The van der Waals surface area contributed by atoms with Crippen molar-refractivity contribution in [3.63, 3.8) is 0 Å². The summed E-state index contributed by atoms with van der Waals surface area (Å²) >= 11 is 0. The zero-order valence-corrected chi connectivity index (χ0v) is 13.6. The standard InChI is InChI=1S/C18H21FN2O2/c1-12-14(11-17(22)23-2)18(21-8-4-3-5-9-21)15-10-13(19)6-7-16(15)20-12/h6-7,10H,3-5,8-9,11H2,1-2H3. The molecule has 122 valence electrons. The van der Waals surface area contributed by atoms with E-state index < -0.39 is 0 Å². The van der Waals surface area contributed by atoms with Crippen LogP contribution in [0.4, 0.5) is 10.1 Å². The van der Waals surface area contributed by atoms with Crippen LogP contribution in [-0.2, 0) is 16.0 Å². The van der Waals surface area contributed by atoms with Crippen molar-refractivity contribution < 1.29 is 13.9 Å². The average Bonchev–Trinajstić information content (AvgIpc) is 2.56. The summed E-state index contributed by atoms with van der Waals surface area (Å²) in [6.07, 6.45) is 3.58. The molecular weight excluding hydrogens is 295 g/mol. The van der Waals surface area contributed by atoms with E-state index in [1.54, 1.807) is 6.07 Å². The molecule has 0 atom stereocenters. The molecule has 1 aliphatic heterocycles. The Hall–Kier alpha value is -2.17. The molecular formula is C18H21FN2O2. The summed E-state index contributed by atoms with van der Waals surface area (Å²) in [5.74, 6) is -0.589. The lowest BCUT2D eigenvalue weighted by atomic mass is 10.00. The third kappa shape index (κ3) is 3.14. The molecule has 0 saturated carbocycles. The monoisotopic (exact) mass is 316 g/mol. The fourth-order valence-corrected chi connectivity index (χ4v) is 3.28. The lowest BCUT2D eigenvalue weighted by molar-refractivity contribution is -0.139. The van der Waals surface area contributed by atoms with E-state index in [2.05, 4.69) is 9.88 Å². The Morgan fingerprint density at radius 3 is 2.74 bits per heavy atom. The van der Waals surface area contributed by atoms with Crippen molar-refractivity contribution in [1.29, 1.82) is 0 Å². The van der Waals surface area contributed by atoms with Crippen molar-refractivity contribution in [1.82, 2.24) is 4.98 Å². The van der Waals surface area contributed by atoms with Gasteiger partial charge >= 0.3 is 5.97 Å². The molecule has 1 aromatic heterocycles. The Morgan fingerprint density at radius 1 is 1.30 bits per heavy atom. The Kier molecular flexibility index (Phi) is 4.46. The highest BCUT2D eigenvalue weighted by Crippen LogP contribution is 2.34. The Morgan fingerprint density at radius 2 is 2.04 bits per heavy atom. The van der Waals surface area contributed by atoms with Crippen LogP contribution in [0.2, 0.25) is 0 Å². The summed E-state index contributed by atoms with van der Waals surface area (Å²) in [6.45, 7) is 3.74. The molecule has 1 aromatic carbocycles. The number of benzene rings is 1. The molecule has 0 aliphatic carbocycles. The van der Waals surface area contributed by atoms with Crippen molar-refractivity contribution >= 4 is 22.6 Å². The Labute approximate surface area is 135 Å². The molecule has 0 bridgehead atoms. The third-order valence-electron chi connectivity index (χ3n) is 4.45. The normalized spacial score (nSPS) is 15.0. The molecule has 0 spiro atoms. The number of hydrogen-bond acceptors (Lipinski definition) is 4. The highest BCUT2D eigenvalue weighted by atomic mass is 19.1. The van der Waals surface area contributed by atoms with Crippen LogP contribution in [0.25, 0.3) is 10.9 Å². The van der Waals surface area contributed by atoms with E-state index in [0.29, 0.717) is 0 Å². The molecule has 5 heteroatoms. The average molecular weight is 316 g/mol. The zero-order valence-electron chi connectivity index (χ0n) is 13.6. The first kappa shape index (κ1) is 15.7. The fraction of sp³-hybridized carbons (Fsp3) is 0.444. The van der Waals surface area contributed by atoms with Gasteiger partial charge in [-0.1, -0.05) is 0 Å². The summed E-state index contributed by atoms with van der Waals surface area (Å²) in [5, 5.41) is 0.774. The maximum absolute atomic E-state index is 13.8. The second kappa shape index (κ2) is 6.52. The largest absolute Gasteiger partial charge is 0.469 e. The molecule has 2 aromatic rings. The van der Waals surface area contributed by atoms with Gasteiger partial charge in [-0.3, -0.25) is 9.78 Å². The number of carbonyl (C=O) groups excluding carboxylic acids is 1. The number of ether oxygens (including phenoxy) is 1. The number of aryl methyl sites for hydroxylation is 1. The van der Waals surface area contributed by atoms with Gasteiger partial charge in [0.1, 0.15) is 5.82 Å². The first-order valence-corrected chi connectivity index (χ1v) is 8.00. The summed E-state index contributed by atoms with van der Waals surface area (Å²) in [4.78, 5) is 18.6. The Balaban J connectivity index is 2.21. The first-order chi connectivity index (χ1) is 11.1. The molecule has 1 fully saturated rings. The lowest BCUT2D eigenvalue weighted by Crippen LogP contribution is -2.31. The number of hydrogen-bond donors (Lipinski definition) is 0. The highest BCUT2D eigenvalue weighted by Gasteiger charge is 2.22.